The first-order valence-electron chi connectivity index (χ1n) is 7.69. The zero-order valence-corrected chi connectivity index (χ0v) is 12.8. The normalized spacial score (nSPS) is 17.4. The van der Waals surface area contributed by atoms with Crippen molar-refractivity contribution in [3.05, 3.63) is 35.2 Å². The Morgan fingerprint density at radius 3 is 2.59 bits per heavy atom. The van der Waals surface area contributed by atoms with Gasteiger partial charge in [0.2, 0.25) is 0 Å². The first-order chi connectivity index (χ1) is 10.5. The Hall–Kier alpha value is -2.14. The van der Waals surface area contributed by atoms with Crippen LogP contribution in [0.15, 0.2) is 27.1 Å². The molecule has 1 saturated carbocycles. The lowest BCUT2D eigenvalue weighted by molar-refractivity contribution is 0.369. The second kappa shape index (κ2) is 4.68. The molecule has 0 aliphatic heterocycles. The van der Waals surface area contributed by atoms with E-state index in [2.05, 4.69) is 30.1 Å². The maximum atomic E-state index is 6.37. The first kappa shape index (κ1) is 13.5. The number of fused-ring (bicyclic) bond motifs is 1. The third-order valence-corrected chi connectivity index (χ3v) is 4.71. The van der Waals surface area contributed by atoms with E-state index in [4.69, 9.17) is 14.7 Å². The molecule has 3 aromatic rings. The zero-order valence-electron chi connectivity index (χ0n) is 12.8. The van der Waals surface area contributed by atoms with E-state index >= 15 is 0 Å². The van der Waals surface area contributed by atoms with Crippen LogP contribution in [0.2, 0.25) is 0 Å². The number of hydrogen-bond donors (Lipinski definition) is 1. The van der Waals surface area contributed by atoms with E-state index in [0.29, 0.717) is 17.5 Å². The summed E-state index contributed by atoms with van der Waals surface area (Å²) < 4.78 is 11.2. The van der Waals surface area contributed by atoms with Crippen LogP contribution in [0.1, 0.15) is 42.6 Å². The molecule has 2 heterocycles. The molecule has 5 nitrogen and oxygen atoms in total. The Morgan fingerprint density at radius 1 is 1.09 bits per heavy atom. The van der Waals surface area contributed by atoms with Crippen LogP contribution in [0.5, 0.6) is 0 Å². The molecule has 0 spiro atoms. The van der Waals surface area contributed by atoms with Crippen LogP contribution in [-0.2, 0) is 5.54 Å². The van der Waals surface area contributed by atoms with Crippen molar-refractivity contribution in [3.8, 4) is 11.7 Å². The number of nitrogens with two attached hydrogens (primary N) is 1. The third kappa shape index (κ3) is 2.04. The minimum Gasteiger partial charge on any atom is -0.451 e. The quantitative estimate of drug-likeness (QED) is 0.777. The Balaban J connectivity index is 1.74. The third-order valence-electron chi connectivity index (χ3n) is 4.71. The maximum absolute atomic E-state index is 6.37. The SMILES string of the molecule is Cc1cc2cc(-c3nc(C4(N)CCCC4)no3)oc2cc1C. The predicted molar refractivity (Wildman–Crippen MR) is 83.3 cm³/mol. The standard InChI is InChI=1S/C17H19N3O2/c1-10-7-12-9-14(21-13(12)8-11(10)2)15-19-16(20-22-15)17(18)5-3-4-6-17/h7-9H,3-6,18H2,1-2H3. The minimum absolute atomic E-state index is 0.401. The molecule has 0 bridgehead atoms. The van der Waals surface area contributed by atoms with Crippen LogP contribution in [0.4, 0.5) is 0 Å². The van der Waals surface area contributed by atoms with E-state index in [9.17, 15) is 0 Å². The number of nitrogens with zero attached hydrogens (tertiary/aromatic N) is 2. The summed E-state index contributed by atoms with van der Waals surface area (Å²) in [5.41, 5.74) is 9.20. The van der Waals surface area contributed by atoms with Gasteiger partial charge >= 0.3 is 0 Å². The second-order valence-electron chi connectivity index (χ2n) is 6.37. The molecule has 0 amide bonds. The number of aromatic nitrogens is 2. The van der Waals surface area contributed by atoms with Crippen molar-refractivity contribution in [2.75, 3.05) is 0 Å². The number of rotatable bonds is 2. The average Bonchev–Trinajstić information content (AvgIpc) is 3.18. The topological polar surface area (TPSA) is 78.1 Å². The molecule has 1 fully saturated rings. The monoisotopic (exact) mass is 297 g/mol. The summed E-state index contributed by atoms with van der Waals surface area (Å²) in [7, 11) is 0. The lowest BCUT2D eigenvalue weighted by atomic mass is 9.99. The summed E-state index contributed by atoms with van der Waals surface area (Å²) >= 11 is 0. The molecular weight excluding hydrogens is 278 g/mol. The summed E-state index contributed by atoms with van der Waals surface area (Å²) in [6.07, 6.45) is 4.04. The van der Waals surface area contributed by atoms with Crippen LogP contribution in [0.25, 0.3) is 22.6 Å². The molecule has 2 aromatic heterocycles. The number of benzene rings is 1. The van der Waals surface area contributed by atoms with Crippen LogP contribution < -0.4 is 5.73 Å². The highest BCUT2D eigenvalue weighted by atomic mass is 16.5. The van der Waals surface area contributed by atoms with Crippen LogP contribution in [-0.4, -0.2) is 10.1 Å². The van der Waals surface area contributed by atoms with Crippen molar-refractivity contribution < 1.29 is 8.94 Å². The molecule has 114 valence electrons. The van der Waals surface area contributed by atoms with Crippen molar-refractivity contribution in [3.63, 3.8) is 0 Å². The molecule has 2 N–H and O–H groups in total. The van der Waals surface area contributed by atoms with Crippen LogP contribution >= 0.6 is 0 Å². The average molecular weight is 297 g/mol. The van der Waals surface area contributed by atoms with Gasteiger partial charge in [0.05, 0.1) is 5.54 Å². The Kier molecular flexibility index (Phi) is 2.87. The van der Waals surface area contributed by atoms with Crippen molar-refractivity contribution in [1.82, 2.24) is 10.1 Å². The highest BCUT2D eigenvalue weighted by molar-refractivity contribution is 5.83. The van der Waals surface area contributed by atoms with Crippen LogP contribution in [0.3, 0.4) is 0 Å². The maximum Gasteiger partial charge on any atom is 0.293 e. The second-order valence-corrected chi connectivity index (χ2v) is 6.37. The van der Waals surface area contributed by atoms with Gasteiger partial charge in [-0.3, -0.25) is 0 Å². The van der Waals surface area contributed by atoms with Gasteiger partial charge in [0.1, 0.15) is 5.58 Å². The summed E-state index contributed by atoms with van der Waals surface area (Å²) in [5, 5.41) is 5.12. The highest BCUT2D eigenvalue weighted by Gasteiger charge is 2.36. The summed E-state index contributed by atoms with van der Waals surface area (Å²) in [5.74, 6) is 1.59. The van der Waals surface area contributed by atoms with Gasteiger partial charge in [0.25, 0.3) is 5.89 Å². The van der Waals surface area contributed by atoms with Gasteiger partial charge in [0, 0.05) is 5.39 Å². The van der Waals surface area contributed by atoms with E-state index < -0.39 is 5.54 Å². The van der Waals surface area contributed by atoms with Crippen molar-refractivity contribution in [1.29, 1.82) is 0 Å². The summed E-state index contributed by atoms with van der Waals surface area (Å²) in [4.78, 5) is 4.48. The molecule has 1 aliphatic rings. The van der Waals surface area contributed by atoms with Gasteiger partial charge in [-0.25, -0.2) is 0 Å². The van der Waals surface area contributed by atoms with E-state index in [0.717, 1.165) is 36.7 Å². The van der Waals surface area contributed by atoms with Gasteiger partial charge in [-0.15, -0.1) is 0 Å². The molecule has 0 atom stereocenters. The fourth-order valence-electron chi connectivity index (χ4n) is 3.16. The highest BCUT2D eigenvalue weighted by Crippen LogP contribution is 2.36. The smallest absolute Gasteiger partial charge is 0.293 e. The van der Waals surface area contributed by atoms with E-state index in [1.165, 1.54) is 11.1 Å². The Bertz CT molecular complexity index is 802. The minimum atomic E-state index is -0.444. The zero-order chi connectivity index (χ0) is 15.3. The van der Waals surface area contributed by atoms with Gasteiger partial charge in [-0.1, -0.05) is 18.0 Å². The molecule has 4 rings (SSSR count). The molecule has 1 aromatic carbocycles. The lowest BCUT2D eigenvalue weighted by Gasteiger charge is -2.17. The van der Waals surface area contributed by atoms with Gasteiger partial charge in [0.15, 0.2) is 11.6 Å². The fourth-order valence-corrected chi connectivity index (χ4v) is 3.16. The molecule has 0 radical (unpaired) electrons. The summed E-state index contributed by atoms with van der Waals surface area (Å²) in [6.45, 7) is 4.16. The largest absolute Gasteiger partial charge is 0.451 e. The summed E-state index contributed by atoms with van der Waals surface area (Å²) in [6, 6.07) is 6.08. The molecular formula is C17H19N3O2. The van der Waals surface area contributed by atoms with Crippen molar-refractivity contribution in [2.24, 2.45) is 5.73 Å². The number of aryl methyl sites for hydroxylation is 2. The molecule has 5 heteroatoms. The molecule has 1 aliphatic carbocycles. The molecule has 0 saturated heterocycles. The van der Waals surface area contributed by atoms with E-state index in [1.54, 1.807) is 0 Å². The molecule has 22 heavy (non-hydrogen) atoms. The fraction of sp³-hybridized carbons (Fsp3) is 0.412. The van der Waals surface area contributed by atoms with E-state index in [-0.39, 0.29) is 0 Å². The van der Waals surface area contributed by atoms with Crippen molar-refractivity contribution >= 4 is 11.0 Å². The molecule has 0 unspecified atom stereocenters. The van der Waals surface area contributed by atoms with Gasteiger partial charge < -0.3 is 14.7 Å². The first-order valence-corrected chi connectivity index (χ1v) is 7.69. The van der Waals surface area contributed by atoms with Gasteiger partial charge in [-0.05, 0) is 56.0 Å². The van der Waals surface area contributed by atoms with E-state index in [1.807, 2.05) is 12.1 Å². The number of furan rings is 1. The Labute approximate surface area is 128 Å². The van der Waals surface area contributed by atoms with Crippen LogP contribution in [0, 0.1) is 13.8 Å². The van der Waals surface area contributed by atoms with Gasteiger partial charge in [-0.2, -0.15) is 4.98 Å². The lowest BCUT2D eigenvalue weighted by Crippen LogP contribution is -2.34. The number of hydrogen-bond acceptors (Lipinski definition) is 5. The Morgan fingerprint density at radius 2 is 1.82 bits per heavy atom. The predicted octanol–water partition coefficient (Wildman–Crippen LogP) is 3.83. The van der Waals surface area contributed by atoms with Crippen molar-refractivity contribution in [2.45, 2.75) is 45.1 Å².